The van der Waals surface area contributed by atoms with Crippen molar-refractivity contribution in [2.24, 2.45) is 0 Å². The van der Waals surface area contributed by atoms with E-state index in [-0.39, 0.29) is 42.7 Å². The number of ketones is 1. The first-order chi connectivity index (χ1) is 13.8. The van der Waals surface area contributed by atoms with Crippen molar-refractivity contribution in [1.29, 1.82) is 0 Å². The van der Waals surface area contributed by atoms with Gasteiger partial charge >= 0.3 is 5.97 Å². The van der Waals surface area contributed by atoms with Crippen LogP contribution in [0.4, 0.5) is 5.69 Å². The quantitative estimate of drug-likeness (QED) is 0.234. The number of ether oxygens (including phenoxy) is 1. The Hall–Kier alpha value is -3.40. The number of nitro benzene ring substituents is 1. The van der Waals surface area contributed by atoms with E-state index in [9.17, 15) is 19.7 Å². The van der Waals surface area contributed by atoms with Gasteiger partial charge in [0.25, 0.3) is 11.6 Å². The van der Waals surface area contributed by atoms with Gasteiger partial charge in [-0.1, -0.05) is 0 Å². The number of thiophene rings is 1. The maximum absolute atomic E-state index is 12.2. The Bertz CT molecular complexity index is 1050. The summed E-state index contributed by atoms with van der Waals surface area (Å²) in [6.07, 6.45) is 0.0181. The first kappa shape index (κ1) is 20.3. The number of aromatic nitrogens is 2. The van der Waals surface area contributed by atoms with Crippen LogP contribution in [0.2, 0.25) is 0 Å². The number of hydrogen-bond donors (Lipinski definition) is 0. The van der Waals surface area contributed by atoms with Crippen LogP contribution in [0.25, 0.3) is 11.5 Å². The van der Waals surface area contributed by atoms with Crippen LogP contribution in [0.15, 0.2) is 34.7 Å². The second kappa shape index (κ2) is 8.74. The van der Waals surface area contributed by atoms with Crippen molar-refractivity contribution in [3.05, 3.63) is 61.7 Å². The van der Waals surface area contributed by atoms with Gasteiger partial charge in [-0.3, -0.25) is 19.7 Å². The van der Waals surface area contributed by atoms with E-state index < -0.39 is 10.9 Å². The van der Waals surface area contributed by atoms with E-state index >= 15 is 0 Å². The van der Waals surface area contributed by atoms with Crippen molar-refractivity contribution in [3.63, 3.8) is 0 Å². The van der Waals surface area contributed by atoms with Crippen LogP contribution in [0, 0.1) is 24.0 Å². The van der Waals surface area contributed by atoms with Crippen LogP contribution in [-0.2, 0) is 16.1 Å². The number of Topliss-reactive ketones (excluding diaryl/α,β-unsaturated/α-hetero) is 1. The molecule has 2 heterocycles. The average molecular weight is 415 g/mol. The molecule has 0 bridgehead atoms. The summed E-state index contributed by atoms with van der Waals surface area (Å²) in [6, 6.07) is 7.45. The largest absolute Gasteiger partial charge is 0.456 e. The third-order valence-electron chi connectivity index (χ3n) is 4.05. The Morgan fingerprint density at radius 2 is 1.90 bits per heavy atom. The smallest absolute Gasteiger partial charge is 0.306 e. The van der Waals surface area contributed by atoms with Crippen LogP contribution >= 0.6 is 11.3 Å². The monoisotopic (exact) mass is 415 g/mol. The minimum atomic E-state index is -0.543. The van der Waals surface area contributed by atoms with Gasteiger partial charge in [-0.15, -0.1) is 21.5 Å². The number of esters is 1. The predicted molar refractivity (Wildman–Crippen MR) is 104 cm³/mol. The van der Waals surface area contributed by atoms with Crippen molar-refractivity contribution in [3.8, 4) is 11.5 Å². The number of hydrogen-bond acceptors (Lipinski definition) is 9. The molecule has 0 amide bonds. The first-order valence-corrected chi connectivity index (χ1v) is 9.48. The highest BCUT2D eigenvalue weighted by Crippen LogP contribution is 2.23. The van der Waals surface area contributed by atoms with Crippen molar-refractivity contribution in [2.75, 3.05) is 0 Å². The fourth-order valence-corrected chi connectivity index (χ4v) is 3.57. The van der Waals surface area contributed by atoms with Crippen molar-refractivity contribution >= 4 is 28.8 Å². The number of aryl methyl sites for hydroxylation is 2. The molecule has 1 aromatic carbocycles. The summed E-state index contributed by atoms with van der Waals surface area (Å²) in [4.78, 5) is 36.3. The van der Waals surface area contributed by atoms with E-state index in [0.717, 1.165) is 9.75 Å². The van der Waals surface area contributed by atoms with E-state index in [1.807, 2.05) is 19.9 Å². The SMILES string of the molecule is Cc1cc(C(=O)CCC(=O)OCc2nnc(-c3ccc([N+](=O)[O-])cc3)o2)c(C)s1. The fourth-order valence-electron chi connectivity index (χ4n) is 2.63. The van der Waals surface area contributed by atoms with Gasteiger partial charge in [0, 0.05) is 39.4 Å². The van der Waals surface area contributed by atoms with E-state index in [1.165, 1.54) is 24.3 Å². The molecular weight excluding hydrogens is 398 g/mol. The lowest BCUT2D eigenvalue weighted by Crippen LogP contribution is -2.08. The molecule has 3 aromatic rings. The summed E-state index contributed by atoms with van der Waals surface area (Å²) in [5, 5.41) is 18.3. The van der Waals surface area contributed by atoms with Crippen LogP contribution in [0.3, 0.4) is 0 Å². The lowest BCUT2D eigenvalue weighted by Gasteiger charge is -2.02. The highest BCUT2D eigenvalue weighted by Gasteiger charge is 2.16. The van der Waals surface area contributed by atoms with Gasteiger partial charge in [0.05, 0.1) is 11.3 Å². The molecule has 0 aliphatic heterocycles. The maximum atomic E-state index is 12.2. The standard InChI is InChI=1S/C19H17N3O6S/c1-11-9-15(12(2)29-11)16(23)7-8-18(24)27-10-17-20-21-19(28-17)13-3-5-14(6-4-13)22(25)26/h3-6,9H,7-8,10H2,1-2H3. The lowest BCUT2D eigenvalue weighted by atomic mass is 10.1. The van der Waals surface area contributed by atoms with Gasteiger partial charge in [-0.25, -0.2) is 0 Å². The number of nitrogens with zero attached hydrogens (tertiary/aromatic N) is 3. The molecule has 0 atom stereocenters. The van der Waals surface area contributed by atoms with E-state index in [4.69, 9.17) is 9.15 Å². The van der Waals surface area contributed by atoms with Gasteiger partial charge in [-0.2, -0.15) is 0 Å². The molecular formula is C19H17N3O6S. The number of carbonyl (C=O) groups is 2. The minimum absolute atomic E-state index is 0.0451. The van der Waals surface area contributed by atoms with Gasteiger partial charge in [-0.05, 0) is 32.0 Å². The Morgan fingerprint density at radius 3 is 2.52 bits per heavy atom. The second-order valence-electron chi connectivity index (χ2n) is 6.22. The maximum Gasteiger partial charge on any atom is 0.306 e. The highest BCUT2D eigenvalue weighted by atomic mass is 32.1. The summed E-state index contributed by atoms with van der Waals surface area (Å²) in [5.74, 6) is -0.396. The third-order valence-corrected chi connectivity index (χ3v) is 5.01. The topological polar surface area (TPSA) is 125 Å². The molecule has 9 nitrogen and oxygen atoms in total. The van der Waals surface area contributed by atoms with Gasteiger partial charge in [0.1, 0.15) is 0 Å². The zero-order valence-electron chi connectivity index (χ0n) is 15.7. The molecule has 0 aliphatic rings. The molecule has 0 radical (unpaired) electrons. The van der Waals surface area contributed by atoms with Crippen molar-refractivity contribution in [2.45, 2.75) is 33.3 Å². The molecule has 29 heavy (non-hydrogen) atoms. The molecule has 0 saturated heterocycles. The van der Waals surface area contributed by atoms with Crippen LogP contribution in [-0.4, -0.2) is 26.9 Å². The molecule has 0 N–H and O–H groups in total. The van der Waals surface area contributed by atoms with Gasteiger partial charge in [0.15, 0.2) is 12.4 Å². The Morgan fingerprint density at radius 1 is 1.17 bits per heavy atom. The molecule has 2 aromatic heterocycles. The first-order valence-electron chi connectivity index (χ1n) is 8.66. The number of non-ortho nitro benzene ring substituents is 1. The number of benzene rings is 1. The van der Waals surface area contributed by atoms with Crippen LogP contribution in [0.5, 0.6) is 0 Å². The minimum Gasteiger partial charge on any atom is -0.456 e. The molecule has 0 unspecified atom stereocenters. The van der Waals surface area contributed by atoms with Crippen molar-refractivity contribution in [1.82, 2.24) is 10.2 Å². The summed E-state index contributed by atoms with van der Waals surface area (Å²) in [7, 11) is 0. The summed E-state index contributed by atoms with van der Waals surface area (Å²) in [5.41, 5.74) is 1.10. The molecule has 150 valence electrons. The Kier molecular flexibility index (Phi) is 6.13. The molecule has 0 aliphatic carbocycles. The molecule has 0 spiro atoms. The van der Waals surface area contributed by atoms with Crippen LogP contribution < -0.4 is 0 Å². The normalized spacial score (nSPS) is 10.7. The number of carbonyl (C=O) groups excluding carboxylic acids is 2. The second-order valence-corrected chi connectivity index (χ2v) is 7.68. The average Bonchev–Trinajstić information content (AvgIpc) is 3.30. The summed E-state index contributed by atoms with van der Waals surface area (Å²) in [6.45, 7) is 3.59. The van der Waals surface area contributed by atoms with Crippen molar-refractivity contribution < 1.29 is 23.7 Å². The highest BCUT2D eigenvalue weighted by molar-refractivity contribution is 7.12. The van der Waals surface area contributed by atoms with E-state index in [0.29, 0.717) is 11.1 Å². The van der Waals surface area contributed by atoms with Gasteiger partial charge < -0.3 is 9.15 Å². The van der Waals surface area contributed by atoms with Gasteiger partial charge in [0.2, 0.25) is 5.89 Å². The third kappa shape index (κ3) is 5.11. The number of rotatable bonds is 8. The zero-order chi connectivity index (χ0) is 21.0. The molecule has 0 saturated carbocycles. The summed E-state index contributed by atoms with van der Waals surface area (Å²) >= 11 is 1.54. The Balaban J connectivity index is 1.50. The Labute approximate surface area is 169 Å². The predicted octanol–water partition coefficient (Wildman–Crippen LogP) is 4.03. The molecule has 3 rings (SSSR count). The van der Waals surface area contributed by atoms with E-state index in [2.05, 4.69) is 10.2 Å². The van der Waals surface area contributed by atoms with E-state index in [1.54, 1.807) is 11.3 Å². The summed E-state index contributed by atoms with van der Waals surface area (Å²) < 4.78 is 10.5. The number of nitro groups is 1. The zero-order valence-corrected chi connectivity index (χ0v) is 16.5. The lowest BCUT2D eigenvalue weighted by molar-refractivity contribution is -0.384. The molecule has 0 fully saturated rings. The molecule has 10 heteroatoms. The van der Waals surface area contributed by atoms with Crippen LogP contribution in [0.1, 0.15) is 38.8 Å². The fraction of sp³-hybridized carbons (Fsp3) is 0.263.